The van der Waals surface area contributed by atoms with E-state index >= 15 is 0 Å². The summed E-state index contributed by atoms with van der Waals surface area (Å²) >= 11 is 1.49. The van der Waals surface area contributed by atoms with Crippen molar-refractivity contribution in [2.45, 2.75) is 40.7 Å². The van der Waals surface area contributed by atoms with Gasteiger partial charge in [0.2, 0.25) is 0 Å². The quantitative estimate of drug-likeness (QED) is 0.788. The van der Waals surface area contributed by atoms with Gasteiger partial charge in [-0.15, -0.1) is 11.3 Å². The highest BCUT2D eigenvalue weighted by Gasteiger charge is 2.30. The lowest BCUT2D eigenvalue weighted by Gasteiger charge is -2.27. The lowest BCUT2D eigenvalue weighted by molar-refractivity contribution is 0.0148. The largest absolute Gasteiger partial charge is 0.461 e. The van der Waals surface area contributed by atoms with Gasteiger partial charge in [-0.05, 0) is 19.3 Å². The molecule has 0 N–H and O–H groups in total. The fourth-order valence-electron chi connectivity index (χ4n) is 1.74. The summed E-state index contributed by atoms with van der Waals surface area (Å²) in [5, 5.41) is 0.825. The van der Waals surface area contributed by atoms with Crippen LogP contribution in [0.3, 0.4) is 0 Å². The SMILES string of the molecule is CCOC(=O)c1nc(C(OC)C(C)(C)C)sc1C. The predicted octanol–water partition coefficient (Wildman–Crippen LogP) is 3.36. The maximum atomic E-state index is 11.7. The first-order valence-electron chi connectivity index (χ1n) is 5.98. The number of esters is 1. The van der Waals surface area contributed by atoms with Crippen LogP contribution in [0, 0.1) is 12.3 Å². The molecule has 0 aliphatic rings. The number of thiazole rings is 1. The van der Waals surface area contributed by atoms with Crippen LogP contribution in [0.25, 0.3) is 0 Å². The molecule has 0 aliphatic carbocycles. The Bertz CT molecular complexity index is 420. The van der Waals surface area contributed by atoms with Crippen LogP contribution in [-0.4, -0.2) is 24.7 Å². The van der Waals surface area contributed by atoms with Gasteiger partial charge in [0.25, 0.3) is 0 Å². The average molecular weight is 271 g/mol. The smallest absolute Gasteiger partial charge is 0.358 e. The van der Waals surface area contributed by atoms with Gasteiger partial charge in [0.15, 0.2) is 5.69 Å². The van der Waals surface area contributed by atoms with Crippen LogP contribution in [0.1, 0.15) is 54.2 Å². The van der Waals surface area contributed by atoms with E-state index in [0.29, 0.717) is 12.3 Å². The Morgan fingerprint density at radius 2 is 2.06 bits per heavy atom. The van der Waals surface area contributed by atoms with Gasteiger partial charge < -0.3 is 9.47 Å². The van der Waals surface area contributed by atoms with Gasteiger partial charge in [-0.1, -0.05) is 20.8 Å². The second kappa shape index (κ2) is 5.80. The van der Waals surface area contributed by atoms with Crippen molar-refractivity contribution in [2.24, 2.45) is 5.41 Å². The lowest BCUT2D eigenvalue weighted by atomic mass is 9.89. The summed E-state index contributed by atoms with van der Waals surface area (Å²) in [4.78, 5) is 17.0. The first-order valence-corrected chi connectivity index (χ1v) is 6.80. The van der Waals surface area contributed by atoms with Gasteiger partial charge in [-0.3, -0.25) is 0 Å². The molecule has 1 unspecified atom stereocenters. The van der Waals surface area contributed by atoms with E-state index < -0.39 is 0 Å². The molecule has 1 rings (SSSR count). The van der Waals surface area contributed by atoms with Crippen molar-refractivity contribution in [3.8, 4) is 0 Å². The number of aryl methyl sites for hydroxylation is 1. The van der Waals surface area contributed by atoms with Crippen molar-refractivity contribution in [3.63, 3.8) is 0 Å². The molecular weight excluding hydrogens is 250 g/mol. The van der Waals surface area contributed by atoms with E-state index in [1.165, 1.54) is 11.3 Å². The Morgan fingerprint density at radius 3 is 2.50 bits per heavy atom. The van der Waals surface area contributed by atoms with E-state index in [2.05, 4.69) is 25.8 Å². The molecule has 102 valence electrons. The molecule has 1 heterocycles. The van der Waals surface area contributed by atoms with Crippen LogP contribution in [0.15, 0.2) is 0 Å². The monoisotopic (exact) mass is 271 g/mol. The first-order chi connectivity index (χ1) is 8.31. The third-order valence-electron chi connectivity index (χ3n) is 2.53. The van der Waals surface area contributed by atoms with Crippen LogP contribution in [-0.2, 0) is 9.47 Å². The molecular formula is C13H21NO3S. The molecule has 1 aromatic heterocycles. The van der Waals surface area contributed by atoms with Crippen molar-refractivity contribution >= 4 is 17.3 Å². The van der Waals surface area contributed by atoms with E-state index in [4.69, 9.17) is 9.47 Å². The number of hydrogen-bond acceptors (Lipinski definition) is 5. The molecule has 1 atom stereocenters. The summed E-state index contributed by atoms with van der Waals surface area (Å²) in [5.41, 5.74) is 0.341. The zero-order valence-corrected chi connectivity index (χ0v) is 12.7. The summed E-state index contributed by atoms with van der Waals surface area (Å²) in [6, 6.07) is 0. The molecule has 0 saturated heterocycles. The van der Waals surface area contributed by atoms with Crippen LogP contribution in [0.4, 0.5) is 0 Å². The minimum atomic E-state index is -0.360. The Kier molecular flexibility index (Phi) is 4.87. The predicted molar refractivity (Wildman–Crippen MR) is 72.0 cm³/mol. The van der Waals surface area contributed by atoms with E-state index in [-0.39, 0.29) is 17.5 Å². The Labute approximate surface area is 112 Å². The maximum absolute atomic E-state index is 11.7. The molecule has 0 aliphatic heterocycles. The van der Waals surface area contributed by atoms with E-state index in [0.717, 1.165) is 9.88 Å². The topological polar surface area (TPSA) is 48.4 Å². The first kappa shape index (κ1) is 15.1. The third kappa shape index (κ3) is 3.29. The van der Waals surface area contributed by atoms with Gasteiger partial charge in [-0.2, -0.15) is 0 Å². The van der Waals surface area contributed by atoms with Crippen LogP contribution >= 0.6 is 11.3 Å². The summed E-state index contributed by atoms with van der Waals surface area (Å²) in [5.74, 6) is -0.360. The molecule has 18 heavy (non-hydrogen) atoms. The Morgan fingerprint density at radius 1 is 1.44 bits per heavy atom. The molecule has 0 spiro atoms. The molecule has 0 fully saturated rings. The lowest BCUT2D eigenvalue weighted by Crippen LogP contribution is -2.20. The van der Waals surface area contributed by atoms with Gasteiger partial charge in [-0.25, -0.2) is 9.78 Å². The minimum absolute atomic E-state index is 0.0645. The number of nitrogens with zero attached hydrogens (tertiary/aromatic N) is 1. The van der Waals surface area contributed by atoms with Crippen LogP contribution < -0.4 is 0 Å². The Hall–Kier alpha value is -0.940. The number of rotatable bonds is 4. The maximum Gasteiger partial charge on any atom is 0.358 e. The minimum Gasteiger partial charge on any atom is -0.461 e. The number of aromatic nitrogens is 1. The van der Waals surface area contributed by atoms with Crippen molar-refractivity contribution in [2.75, 3.05) is 13.7 Å². The van der Waals surface area contributed by atoms with Crippen LogP contribution in [0.5, 0.6) is 0 Å². The van der Waals surface area contributed by atoms with Gasteiger partial charge in [0, 0.05) is 12.0 Å². The number of methoxy groups -OCH3 is 1. The number of carbonyl (C=O) groups is 1. The summed E-state index contributed by atoms with van der Waals surface area (Å²) < 4.78 is 10.5. The number of hydrogen-bond donors (Lipinski definition) is 0. The normalized spacial score (nSPS) is 13.4. The van der Waals surface area contributed by atoms with Crippen molar-refractivity contribution in [1.29, 1.82) is 0 Å². The van der Waals surface area contributed by atoms with Crippen molar-refractivity contribution < 1.29 is 14.3 Å². The summed E-state index contributed by atoms with van der Waals surface area (Å²) in [7, 11) is 1.66. The van der Waals surface area contributed by atoms with Crippen LogP contribution in [0.2, 0.25) is 0 Å². The fourth-order valence-corrected chi connectivity index (χ4v) is 2.98. The fraction of sp³-hybridized carbons (Fsp3) is 0.692. The molecule has 5 heteroatoms. The van der Waals surface area contributed by atoms with Gasteiger partial charge in [0.1, 0.15) is 11.1 Å². The number of ether oxygens (including phenoxy) is 2. The standard InChI is InChI=1S/C13H21NO3S/c1-7-17-12(15)9-8(2)18-11(14-9)10(16-6)13(3,4)5/h10H,7H2,1-6H3. The van der Waals surface area contributed by atoms with Crippen molar-refractivity contribution in [1.82, 2.24) is 4.98 Å². The highest BCUT2D eigenvalue weighted by Crippen LogP contribution is 2.38. The average Bonchev–Trinajstić information content (AvgIpc) is 2.59. The third-order valence-corrected chi connectivity index (χ3v) is 3.54. The second-order valence-electron chi connectivity index (χ2n) is 5.16. The van der Waals surface area contributed by atoms with Gasteiger partial charge >= 0.3 is 5.97 Å². The molecule has 4 nitrogen and oxygen atoms in total. The molecule has 0 radical (unpaired) electrons. The molecule has 0 amide bonds. The van der Waals surface area contributed by atoms with Crippen molar-refractivity contribution in [3.05, 3.63) is 15.6 Å². The molecule has 0 saturated carbocycles. The zero-order valence-electron chi connectivity index (χ0n) is 11.9. The highest BCUT2D eigenvalue weighted by molar-refractivity contribution is 7.11. The molecule has 0 bridgehead atoms. The summed E-state index contributed by atoms with van der Waals surface area (Å²) in [6.07, 6.45) is -0.121. The van der Waals surface area contributed by atoms with Gasteiger partial charge in [0.05, 0.1) is 6.61 Å². The summed E-state index contributed by atoms with van der Waals surface area (Å²) in [6.45, 7) is 10.3. The Balaban J connectivity index is 3.06. The number of carbonyl (C=O) groups excluding carboxylic acids is 1. The second-order valence-corrected chi connectivity index (χ2v) is 6.39. The molecule has 1 aromatic rings. The zero-order chi connectivity index (χ0) is 13.9. The van der Waals surface area contributed by atoms with E-state index in [1.54, 1.807) is 14.0 Å². The van der Waals surface area contributed by atoms with E-state index in [1.807, 2.05) is 6.92 Å². The van der Waals surface area contributed by atoms with E-state index in [9.17, 15) is 4.79 Å². The highest BCUT2D eigenvalue weighted by atomic mass is 32.1. The molecule has 0 aromatic carbocycles.